The van der Waals surface area contributed by atoms with Gasteiger partial charge >= 0.3 is 0 Å². The van der Waals surface area contributed by atoms with Crippen molar-refractivity contribution in [2.24, 2.45) is 0 Å². The van der Waals surface area contributed by atoms with Crippen molar-refractivity contribution in [1.29, 1.82) is 0 Å². The summed E-state index contributed by atoms with van der Waals surface area (Å²) < 4.78 is 10.9. The zero-order valence-corrected chi connectivity index (χ0v) is 14.7. The molecule has 2 aromatic rings. The van der Waals surface area contributed by atoms with E-state index in [0.717, 1.165) is 17.7 Å². The number of nitro groups is 1. The van der Waals surface area contributed by atoms with Crippen molar-refractivity contribution in [3.05, 3.63) is 68.3 Å². The van der Waals surface area contributed by atoms with E-state index in [1.807, 2.05) is 7.05 Å². The van der Waals surface area contributed by atoms with Gasteiger partial charge in [-0.25, -0.2) is 0 Å². The molecule has 0 saturated carbocycles. The summed E-state index contributed by atoms with van der Waals surface area (Å²) in [5.41, 5.74) is 5.36. The summed E-state index contributed by atoms with van der Waals surface area (Å²) in [5, 5.41) is 11.2. The molecule has 6 nitrogen and oxygen atoms in total. The fourth-order valence-electron chi connectivity index (χ4n) is 3.16. The topological polar surface area (TPSA) is 64.8 Å². The first kappa shape index (κ1) is 17.4. The van der Waals surface area contributed by atoms with Crippen molar-refractivity contribution in [3.8, 4) is 5.75 Å². The molecule has 1 heterocycles. The van der Waals surface area contributed by atoms with Gasteiger partial charge < -0.3 is 9.47 Å². The molecule has 0 unspecified atom stereocenters. The van der Waals surface area contributed by atoms with Crippen LogP contribution in [0.15, 0.2) is 30.3 Å². The molecule has 0 spiro atoms. The Morgan fingerprint density at radius 3 is 2.64 bits per heavy atom. The minimum Gasteiger partial charge on any atom is -0.467 e. The van der Waals surface area contributed by atoms with E-state index in [4.69, 9.17) is 9.47 Å². The van der Waals surface area contributed by atoms with Crippen LogP contribution in [-0.4, -0.2) is 23.7 Å². The number of hydrogen-bond donors (Lipinski definition) is 0. The highest BCUT2D eigenvalue weighted by atomic mass is 16.7. The number of hydrogen-bond acceptors (Lipinski definition) is 5. The summed E-state index contributed by atoms with van der Waals surface area (Å²) in [5.74, 6) is 0.712. The Labute approximate surface area is 147 Å². The van der Waals surface area contributed by atoms with Gasteiger partial charge in [0.25, 0.3) is 5.69 Å². The molecule has 3 rings (SSSR count). The second kappa shape index (κ2) is 7.21. The summed E-state index contributed by atoms with van der Waals surface area (Å²) in [4.78, 5) is 13.0. The van der Waals surface area contributed by atoms with Crippen LogP contribution in [0.2, 0.25) is 0 Å². The second-order valence-corrected chi connectivity index (χ2v) is 6.56. The molecule has 6 heteroatoms. The first-order valence-corrected chi connectivity index (χ1v) is 8.19. The van der Waals surface area contributed by atoms with Crippen LogP contribution in [0.1, 0.15) is 27.8 Å². The van der Waals surface area contributed by atoms with Gasteiger partial charge in [-0.15, -0.1) is 0 Å². The van der Waals surface area contributed by atoms with E-state index in [1.165, 1.54) is 22.8 Å². The molecule has 0 saturated heterocycles. The summed E-state index contributed by atoms with van der Waals surface area (Å²) >= 11 is 0. The van der Waals surface area contributed by atoms with Crippen molar-refractivity contribution >= 4 is 5.69 Å². The number of aryl methyl sites for hydroxylation is 2. The lowest BCUT2D eigenvalue weighted by Gasteiger charge is -2.24. The quantitative estimate of drug-likeness (QED) is 0.612. The number of fused-ring (bicyclic) bond motifs is 1. The zero-order chi connectivity index (χ0) is 18.0. The van der Waals surface area contributed by atoms with Gasteiger partial charge in [-0.2, -0.15) is 0 Å². The number of rotatable bonds is 5. The predicted octanol–water partition coefficient (Wildman–Crippen LogP) is 3.71. The molecule has 0 atom stereocenters. The molecule has 1 aliphatic rings. The third kappa shape index (κ3) is 3.97. The molecule has 1 aliphatic heterocycles. The maximum absolute atomic E-state index is 11.2. The van der Waals surface area contributed by atoms with Gasteiger partial charge in [-0.1, -0.05) is 23.8 Å². The van der Waals surface area contributed by atoms with Crippen LogP contribution >= 0.6 is 0 Å². The van der Waals surface area contributed by atoms with Gasteiger partial charge in [0.05, 0.1) is 11.5 Å². The second-order valence-electron chi connectivity index (χ2n) is 6.56. The minimum atomic E-state index is -0.373. The normalized spacial score (nSPS) is 13.4. The van der Waals surface area contributed by atoms with E-state index in [0.29, 0.717) is 18.9 Å². The molecule has 0 aromatic heterocycles. The lowest BCUT2D eigenvalue weighted by molar-refractivity contribution is -0.385. The predicted molar refractivity (Wildman–Crippen MR) is 94.5 cm³/mol. The zero-order valence-electron chi connectivity index (χ0n) is 14.7. The fraction of sp³-hybridized carbons (Fsp3) is 0.368. The molecule has 25 heavy (non-hydrogen) atoms. The molecule has 0 radical (unpaired) electrons. The van der Waals surface area contributed by atoms with Crippen molar-refractivity contribution in [1.82, 2.24) is 4.90 Å². The highest BCUT2D eigenvalue weighted by Gasteiger charge is 2.21. The van der Waals surface area contributed by atoms with Gasteiger partial charge in [0.1, 0.15) is 5.75 Å². The highest BCUT2D eigenvalue weighted by Crippen LogP contribution is 2.33. The lowest BCUT2D eigenvalue weighted by Crippen LogP contribution is -2.20. The maximum Gasteiger partial charge on any atom is 0.270 e. The van der Waals surface area contributed by atoms with Crippen molar-refractivity contribution in [2.45, 2.75) is 33.5 Å². The number of non-ortho nitro benzene ring substituents is 1. The Balaban J connectivity index is 1.83. The van der Waals surface area contributed by atoms with E-state index in [-0.39, 0.29) is 17.4 Å². The average Bonchev–Trinajstić information content (AvgIpc) is 2.57. The van der Waals surface area contributed by atoms with Gasteiger partial charge in [-0.05, 0) is 32.0 Å². The Hall–Kier alpha value is -2.44. The number of benzene rings is 2. The van der Waals surface area contributed by atoms with Crippen LogP contribution in [0.4, 0.5) is 5.69 Å². The fourth-order valence-corrected chi connectivity index (χ4v) is 3.16. The SMILES string of the molecule is Cc1ccc(CN(C)Cc2cc([N+](=O)[O-])cc3c2OCOC3)c(C)c1. The van der Waals surface area contributed by atoms with Crippen LogP contribution in [-0.2, 0) is 24.4 Å². The Kier molecular flexibility index (Phi) is 5.01. The van der Waals surface area contributed by atoms with Gasteiger partial charge in [0.2, 0.25) is 0 Å². The molecule has 2 aromatic carbocycles. The first-order chi connectivity index (χ1) is 11.9. The third-order valence-corrected chi connectivity index (χ3v) is 4.36. The molecule has 0 fully saturated rings. The summed E-state index contributed by atoms with van der Waals surface area (Å²) in [6, 6.07) is 9.53. The summed E-state index contributed by atoms with van der Waals surface area (Å²) in [6.07, 6.45) is 0. The number of nitro benzene ring substituents is 1. The van der Waals surface area contributed by atoms with Gasteiger partial charge in [0.15, 0.2) is 6.79 Å². The average molecular weight is 342 g/mol. The van der Waals surface area contributed by atoms with E-state index in [2.05, 4.69) is 36.9 Å². The largest absolute Gasteiger partial charge is 0.467 e. The molecule has 0 N–H and O–H groups in total. The van der Waals surface area contributed by atoms with Crippen molar-refractivity contribution in [3.63, 3.8) is 0 Å². The minimum absolute atomic E-state index is 0.0720. The van der Waals surface area contributed by atoms with Crippen LogP contribution in [0.5, 0.6) is 5.75 Å². The van der Waals surface area contributed by atoms with E-state index in [1.54, 1.807) is 6.07 Å². The van der Waals surface area contributed by atoms with Crippen molar-refractivity contribution in [2.75, 3.05) is 13.8 Å². The van der Waals surface area contributed by atoms with Gasteiger partial charge in [0, 0.05) is 36.3 Å². The summed E-state index contributed by atoms with van der Waals surface area (Å²) in [6.45, 7) is 6.03. The Bertz CT molecular complexity index is 804. The van der Waals surface area contributed by atoms with Crippen molar-refractivity contribution < 1.29 is 14.4 Å². The number of nitrogens with zero attached hydrogens (tertiary/aromatic N) is 2. The first-order valence-electron chi connectivity index (χ1n) is 8.19. The standard InChI is InChI=1S/C19H22N2O4/c1-13-4-5-15(14(2)6-13)9-20(3)10-16-7-18(21(22)23)8-17-11-24-12-25-19(16)17/h4-8H,9-12H2,1-3H3. The van der Waals surface area contributed by atoms with E-state index < -0.39 is 0 Å². The lowest BCUT2D eigenvalue weighted by atomic mass is 10.0. The van der Waals surface area contributed by atoms with Crippen LogP contribution in [0.25, 0.3) is 0 Å². The van der Waals surface area contributed by atoms with Crippen LogP contribution in [0.3, 0.4) is 0 Å². The molecule has 0 bridgehead atoms. The smallest absolute Gasteiger partial charge is 0.270 e. The van der Waals surface area contributed by atoms with Crippen LogP contribution in [0, 0.1) is 24.0 Å². The molecular formula is C19H22N2O4. The number of ether oxygens (including phenoxy) is 2. The van der Waals surface area contributed by atoms with Crippen LogP contribution < -0.4 is 4.74 Å². The monoisotopic (exact) mass is 342 g/mol. The van der Waals surface area contributed by atoms with Gasteiger partial charge in [-0.3, -0.25) is 15.0 Å². The van der Waals surface area contributed by atoms with E-state index in [9.17, 15) is 10.1 Å². The molecule has 0 amide bonds. The third-order valence-electron chi connectivity index (χ3n) is 4.36. The maximum atomic E-state index is 11.2. The summed E-state index contributed by atoms with van der Waals surface area (Å²) in [7, 11) is 2.00. The Morgan fingerprint density at radius 1 is 1.16 bits per heavy atom. The molecular weight excluding hydrogens is 320 g/mol. The Morgan fingerprint density at radius 2 is 1.92 bits per heavy atom. The highest BCUT2D eigenvalue weighted by molar-refractivity contribution is 5.50. The van der Waals surface area contributed by atoms with E-state index >= 15 is 0 Å². The molecule has 0 aliphatic carbocycles. The molecule has 132 valence electrons.